The van der Waals surface area contributed by atoms with Crippen molar-refractivity contribution in [3.05, 3.63) is 52.1 Å². The van der Waals surface area contributed by atoms with E-state index in [0.717, 1.165) is 76.5 Å². The Morgan fingerprint density at radius 3 is 2.51 bits per heavy atom. The number of nitrogens with one attached hydrogen (secondary N) is 2. The number of carbonyl (C=O) groups is 4. The number of amides is 4. The molecule has 4 aromatic rings. The van der Waals surface area contributed by atoms with Gasteiger partial charge in [-0.15, -0.1) is 11.3 Å². The van der Waals surface area contributed by atoms with Crippen LogP contribution in [0.2, 0.25) is 0 Å². The summed E-state index contributed by atoms with van der Waals surface area (Å²) in [6, 6.07) is 5.80. The van der Waals surface area contributed by atoms with Crippen molar-refractivity contribution in [3.63, 3.8) is 0 Å². The summed E-state index contributed by atoms with van der Waals surface area (Å²) >= 11 is 1.43. The Morgan fingerprint density at radius 2 is 1.81 bits per heavy atom. The average Bonchev–Trinajstić information content (AvgIpc) is 3.93. The third-order valence-corrected chi connectivity index (χ3v) is 14.9. The Kier molecular flexibility index (Phi) is 15.1. The van der Waals surface area contributed by atoms with E-state index in [1.165, 1.54) is 21.2 Å². The van der Waals surface area contributed by atoms with Gasteiger partial charge in [-0.2, -0.15) is 0 Å². The molecule has 8 rings (SSSR count). The highest BCUT2D eigenvalue weighted by atomic mass is 32.1. The minimum Gasteiger partial charge on any atom is -0.464 e. The van der Waals surface area contributed by atoms with Crippen LogP contribution >= 0.6 is 11.3 Å². The molecule has 4 aliphatic rings. The van der Waals surface area contributed by atoms with Crippen LogP contribution in [0.3, 0.4) is 0 Å². The zero-order chi connectivity index (χ0) is 48.4. The number of carbonyl (C=O) groups excluding carboxylic acids is 4. The summed E-state index contributed by atoms with van der Waals surface area (Å²) in [7, 11) is 5.51. The Balaban J connectivity index is 1.21. The Bertz CT molecular complexity index is 2470. The zero-order valence-corrected chi connectivity index (χ0v) is 42.1. The lowest BCUT2D eigenvalue weighted by atomic mass is 9.84. The first-order valence-corrected chi connectivity index (χ1v) is 25.2. The number of benzene rings is 1. The van der Waals surface area contributed by atoms with Gasteiger partial charge in [-0.05, 0) is 69.8 Å². The van der Waals surface area contributed by atoms with Gasteiger partial charge in [0.05, 0.1) is 59.9 Å². The number of aryl methyl sites for hydroxylation is 1. The van der Waals surface area contributed by atoms with Gasteiger partial charge >= 0.3 is 12.0 Å². The molecule has 368 valence electrons. The number of nitrogens with zero attached hydrogens (tertiary/aromatic N) is 8. The van der Waals surface area contributed by atoms with Crippen LogP contribution in [0.25, 0.3) is 33.4 Å². The predicted molar refractivity (Wildman–Crippen MR) is 263 cm³/mol. The molecule has 4 aliphatic heterocycles. The van der Waals surface area contributed by atoms with E-state index in [0.29, 0.717) is 63.7 Å². The van der Waals surface area contributed by atoms with Crippen LogP contribution in [0.1, 0.15) is 76.8 Å². The van der Waals surface area contributed by atoms with Crippen molar-refractivity contribution in [2.45, 2.75) is 98.0 Å². The van der Waals surface area contributed by atoms with Gasteiger partial charge in [0.1, 0.15) is 18.1 Å². The molecule has 3 fully saturated rings. The van der Waals surface area contributed by atoms with Crippen LogP contribution in [0, 0.1) is 11.3 Å². The highest BCUT2D eigenvalue weighted by Gasteiger charge is 2.39. The molecule has 0 radical (unpaired) electrons. The molecule has 1 aromatic carbocycles. The zero-order valence-electron chi connectivity index (χ0n) is 41.3. The van der Waals surface area contributed by atoms with Gasteiger partial charge in [0, 0.05) is 106 Å². The van der Waals surface area contributed by atoms with E-state index < -0.39 is 41.3 Å². The third kappa shape index (κ3) is 10.4. The summed E-state index contributed by atoms with van der Waals surface area (Å²) in [5, 5.41) is 8.22. The van der Waals surface area contributed by atoms with E-state index >= 15 is 0 Å². The summed E-state index contributed by atoms with van der Waals surface area (Å²) < 4.78 is 20.0. The number of anilines is 1. The van der Waals surface area contributed by atoms with Crippen LogP contribution in [0.15, 0.2) is 35.8 Å². The smallest absolute Gasteiger partial charge is 0.324 e. The number of aromatic nitrogens is 3. The Hall–Kier alpha value is -5.14. The first kappa shape index (κ1) is 49.3. The molecule has 0 spiro atoms. The van der Waals surface area contributed by atoms with E-state index in [2.05, 4.69) is 77.2 Å². The summed E-state index contributed by atoms with van der Waals surface area (Å²) in [6.07, 6.45) is 3.42. The summed E-state index contributed by atoms with van der Waals surface area (Å²) in [5.41, 5.74) is 10.5. The molecule has 3 saturated heterocycles. The monoisotopic (exact) mass is 955 g/mol. The van der Waals surface area contributed by atoms with E-state index in [4.69, 9.17) is 24.2 Å². The summed E-state index contributed by atoms with van der Waals surface area (Å²) in [6.45, 7) is 18.9. The first-order chi connectivity index (χ1) is 32.6. The molecule has 4 amide bonds. The molecule has 1 unspecified atom stereocenters. The fourth-order valence-corrected chi connectivity index (χ4v) is 11.0. The van der Waals surface area contributed by atoms with Crippen molar-refractivity contribution in [3.8, 4) is 22.5 Å². The minimum atomic E-state index is -1.05. The number of hydrogen-bond acceptors (Lipinski definition) is 13. The third-order valence-electron chi connectivity index (χ3n) is 14.0. The molecule has 3 aromatic heterocycles. The minimum absolute atomic E-state index is 0.101. The van der Waals surface area contributed by atoms with Crippen LogP contribution in [0.4, 0.5) is 10.5 Å². The number of pyridine rings is 1. The van der Waals surface area contributed by atoms with E-state index in [9.17, 15) is 19.2 Å². The largest absolute Gasteiger partial charge is 0.464 e. The van der Waals surface area contributed by atoms with Gasteiger partial charge in [-0.1, -0.05) is 33.8 Å². The number of esters is 1. The molecule has 6 bridgehead atoms. The van der Waals surface area contributed by atoms with E-state index in [1.54, 1.807) is 19.1 Å². The van der Waals surface area contributed by atoms with Gasteiger partial charge in [0.25, 0.3) is 5.91 Å². The lowest BCUT2D eigenvalue weighted by Gasteiger charge is -2.38. The van der Waals surface area contributed by atoms with Crippen molar-refractivity contribution in [2.24, 2.45) is 11.3 Å². The molecule has 2 N–H and O–H groups in total. The maximum atomic E-state index is 14.6. The molecule has 7 heterocycles. The standard InChI is InChI=1S/C50H70N10O7S/c1-10-59-41-14-13-33-24-35(41)37(45(59)36-25-34(28-51-43(36)32(4)65-9)57-18-16-55(7)17-19-57)27-50(5,6)30-67-48(63)38-12-11-15-60(54-38)47(62)39(26-42-52-40(33)29-68-42)53-46(61)44(31(2)3)56(8)49(64)58-20-22-66-23-21-58/h13-14,24-25,28-29,31-32,38-39,44,54H,10-12,15-23,26-27,30H2,1-9H3,(H,53,61)/t32-,38-,39-,44?/m0/s1. The number of urea groups is 1. The fourth-order valence-electron chi connectivity index (χ4n) is 10.1. The maximum Gasteiger partial charge on any atom is 0.324 e. The van der Waals surface area contributed by atoms with Gasteiger partial charge < -0.3 is 43.7 Å². The number of ether oxygens (including phenoxy) is 3. The molecule has 18 heteroatoms. The quantitative estimate of drug-likeness (QED) is 0.207. The van der Waals surface area contributed by atoms with Crippen LogP contribution in [-0.2, 0) is 48.0 Å². The van der Waals surface area contributed by atoms with Gasteiger partial charge in [0.15, 0.2) is 0 Å². The topological polar surface area (TPSA) is 167 Å². The number of rotatable bonds is 9. The summed E-state index contributed by atoms with van der Waals surface area (Å²) in [4.78, 5) is 74.9. The summed E-state index contributed by atoms with van der Waals surface area (Å²) in [5.74, 6) is -1.55. The molecular weight excluding hydrogens is 885 g/mol. The second kappa shape index (κ2) is 20.8. The van der Waals surface area contributed by atoms with Gasteiger partial charge in [0.2, 0.25) is 5.91 Å². The van der Waals surface area contributed by atoms with Crippen molar-refractivity contribution >= 4 is 51.7 Å². The number of morpholine rings is 1. The highest BCUT2D eigenvalue weighted by Crippen LogP contribution is 2.43. The maximum absolute atomic E-state index is 14.6. The lowest BCUT2D eigenvalue weighted by Crippen LogP contribution is -2.62. The Labute approximate surface area is 404 Å². The SMILES string of the molecule is CCn1c(-c2cc(N3CCN(C)CC3)cnc2[C@H](C)OC)c2c3cc(ccc31)-c1csc(n1)C[C@H](NC(=O)C(C(C)C)N(C)C(=O)N1CCOCC1)C(=O)N1CCC[C@H](N1)C(=O)OCC(C)(C)C2. The number of thiazole rings is 1. The van der Waals surface area contributed by atoms with Crippen LogP contribution < -0.4 is 15.6 Å². The second-order valence-electron chi connectivity index (χ2n) is 19.9. The predicted octanol–water partition coefficient (Wildman–Crippen LogP) is 5.36. The van der Waals surface area contributed by atoms with E-state index in [-0.39, 0.29) is 31.1 Å². The van der Waals surface area contributed by atoms with Gasteiger partial charge in [-0.25, -0.2) is 15.2 Å². The molecule has 68 heavy (non-hydrogen) atoms. The van der Waals surface area contributed by atoms with Gasteiger partial charge in [-0.3, -0.25) is 24.4 Å². The molecule has 0 aliphatic carbocycles. The number of methoxy groups -OCH3 is 1. The lowest BCUT2D eigenvalue weighted by molar-refractivity contribution is -0.155. The van der Waals surface area contributed by atoms with Crippen molar-refractivity contribution in [2.75, 3.05) is 91.7 Å². The normalized spacial score (nSPS) is 21.6. The number of cyclic esters (lactones) is 1. The van der Waals surface area contributed by atoms with Crippen molar-refractivity contribution in [1.82, 2.24) is 45.0 Å². The van der Waals surface area contributed by atoms with Crippen molar-refractivity contribution in [1.29, 1.82) is 0 Å². The fraction of sp³-hybridized carbons (Fsp3) is 0.600. The molecular formula is C50H70N10O7S. The molecule has 17 nitrogen and oxygen atoms in total. The number of likely N-dealkylation sites (N-methyl/N-ethyl adjacent to an activating group) is 2. The number of piperazine rings is 1. The molecule has 4 atom stereocenters. The number of hydrogen-bond donors (Lipinski definition) is 2. The number of fused-ring (bicyclic) bond motifs is 6. The number of hydrazine groups is 1. The van der Waals surface area contributed by atoms with Crippen LogP contribution in [0.5, 0.6) is 0 Å². The Morgan fingerprint density at radius 1 is 1.06 bits per heavy atom. The van der Waals surface area contributed by atoms with Crippen molar-refractivity contribution < 1.29 is 33.4 Å². The molecule has 0 saturated carbocycles. The highest BCUT2D eigenvalue weighted by molar-refractivity contribution is 7.10. The van der Waals surface area contributed by atoms with E-state index in [1.807, 2.05) is 32.3 Å². The first-order valence-electron chi connectivity index (χ1n) is 24.3. The average molecular weight is 955 g/mol. The van der Waals surface area contributed by atoms with Crippen LogP contribution in [-0.4, -0.2) is 163 Å². The second-order valence-corrected chi connectivity index (χ2v) is 20.9.